The van der Waals surface area contributed by atoms with Gasteiger partial charge in [-0.15, -0.1) is 0 Å². The average molecular weight is 473 g/mol. The summed E-state index contributed by atoms with van der Waals surface area (Å²) in [7, 11) is 0. The minimum absolute atomic E-state index is 0.0388. The molecule has 1 aliphatic heterocycles. The molecule has 0 spiro atoms. The summed E-state index contributed by atoms with van der Waals surface area (Å²) in [5.74, 6) is -2.43. The molecule has 4 rings (SSSR count). The predicted octanol–water partition coefficient (Wildman–Crippen LogP) is -0.105. The fourth-order valence-electron chi connectivity index (χ4n) is 3.90. The molecule has 5 atom stereocenters. The number of aliphatic hydroxyl groups is 3. The third kappa shape index (κ3) is 4.34. The van der Waals surface area contributed by atoms with Crippen LogP contribution in [0.15, 0.2) is 51.7 Å². The SMILES string of the molecule is O=C(O)[C@H]1OC(CNCc2cc3oc(-c4ccccc4)cc(=O)c3c(O)c2O)[C@H](O)[C@@H](O)[C@@H]1O. The number of aromatic hydroxyl groups is 2. The van der Waals surface area contributed by atoms with Crippen molar-refractivity contribution in [1.82, 2.24) is 5.32 Å². The zero-order chi connectivity index (χ0) is 24.6. The second-order valence-corrected chi connectivity index (χ2v) is 7.98. The number of hydrogen-bond donors (Lipinski definition) is 7. The van der Waals surface area contributed by atoms with Gasteiger partial charge in [-0.1, -0.05) is 30.3 Å². The zero-order valence-electron chi connectivity index (χ0n) is 17.7. The molecule has 0 aliphatic carbocycles. The van der Waals surface area contributed by atoms with Crippen LogP contribution in [0.4, 0.5) is 0 Å². The quantitative estimate of drug-likeness (QED) is 0.237. The number of carbonyl (C=O) groups is 1. The predicted molar refractivity (Wildman–Crippen MR) is 117 cm³/mol. The number of carboxylic acids is 1. The van der Waals surface area contributed by atoms with Crippen LogP contribution in [0.1, 0.15) is 5.56 Å². The number of carboxylic acid groups (broad SMARTS) is 1. The molecule has 1 fully saturated rings. The van der Waals surface area contributed by atoms with Crippen LogP contribution in [0, 0.1) is 0 Å². The number of phenolic OH excluding ortho intramolecular Hbond substituents is 2. The first-order chi connectivity index (χ1) is 16.2. The average Bonchev–Trinajstić information content (AvgIpc) is 2.82. The highest BCUT2D eigenvalue weighted by atomic mass is 16.6. The Balaban J connectivity index is 1.57. The lowest BCUT2D eigenvalue weighted by Gasteiger charge is -2.39. The summed E-state index contributed by atoms with van der Waals surface area (Å²) in [4.78, 5) is 23.8. The second kappa shape index (κ2) is 9.41. The minimum atomic E-state index is -1.80. The van der Waals surface area contributed by atoms with Crippen molar-refractivity contribution in [3.05, 3.63) is 58.3 Å². The zero-order valence-corrected chi connectivity index (χ0v) is 17.7. The highest BCUT2D eigenvalue weighted by Crippen LogP contribution is 2.37. The Labute approximate surface area is 192 Å². The molecule has 180 valence electrons. The summed E-state index contributed by atoms with van der Waals surface area (Å²) >= 11 is 0. The van der Waals surface area contributed by atoms with E-state index in [2.05, 4.69) is 5.32 Å². The Morgan fingerprint density at radius 1 is 0.971 bits per heavy atom. The van der Waals surface area contributed by atoms with Crippen molar-refractivity contribution in [3.8, 4) is 22.8 Å². The van der Waals surface area contributed by atoms with Crippen LogP contribution in [-0.2, 0) is 16.1 Å². The minimum Gasteiger partial charge on any atom is -0.504 e. The van der Waals surface area contributed by atoms with Crippen LogP contribution in [0.3, 0.4) is 0 Å². The van der Waals surface area contributed by atoms with Crippen LogP contribution in [0.25, 0.3) is 22.3 Å². The van der Waals surface area contributed by atoms with E-state index >= 15 is 0 Å². The second-order valence-electron chi connectivity index (χ2n) is 7.98. The van der Waals surface area contributed by atoms with Gasteiger partial charge in [0.15, 0.2) is 23.0 Å². The molecule has 1 unspecified atom stereocenters. The van der Waals surface area contributed by atoms with Crippen molar-refractivity contribution in [1.29, 1.82) is 0 Å². The molecule has 7 N–H and O–H groups in total. The number of fused-ring (bicyclic) bond motifs is 1. The van der Waals surface area contributed by atoms with Gasteiger partial charge in [-0.05, 0) is 6.07 Å². The molecule has 34 heavy (non-hydrogen) atoms. The number of phenols is 2. The van der Waals surface area contributed by atoms with Gasteiger partial charge in [0.1, 0.15) is 35.0 Å². The standard InChI is InChI=1S/C23H23NO10/c25-12-7-13(10-4-2-1-3-5-10)33-14-6-11(17(26)19(28)16(12)14)8-24-9-15-18(27)20(29)21(30)22(34-15)23(31)32/h1-7,15,18,20-22,24,26-30H,8-9H2,(H,31,32)/t15?,18-,20+,21-,22-/m0/s1. The Kier molecular flexibility index (Phi) is 6.55. The van der Waals surface area contributed by atoms with E-state index in [0.29, 0.717) is 5.56 Å². The van der Waals surface area contributed by atoms with Crippen molar-refractivity contribution < 1.29 is 44.6 Å². The Morgan fingerprint density at radius 2 is 1.68 bits per heavy atom. The van der Waals surface area contributed by atoms with Crippen LogP contribution in [-0.4, -0.2) is 73.7 Å². The Bertz CT molecular complexity index is 1260. The molecule has 1 aliphatic rings. The van der Waals surface area contributed by atoms with Gasteiger partial charge in [-0.25, -0.2) is 4.79 Å². The maximum Gasteiger partial charge on any atom is 0.335 e. The van der Waals surface area contributed by atoms with Crippen LogP contribution < -0.4 is 10.7 Å². The molecule has 11 heteroatoms. The van der Waals surface area contributed by atoms with Crippen molar-refractivity contribution in [2.24, 2.45) is 0 Å². The largest absolute Gasteiger partial charge is 0.504 e. The highest BCUT2D eigenvalue weighted by Gasteiger charge is 2.46. The number of rotatable bonds is 6. The van der Waals surface area contributed by atoms with E-state index in [4.69, 9.17) is 14.3 Å². The molecule has 2 aromatic carbocycles. The fraction of sp³-hybridized carbons (Fsp3) is 0.304. The van der Waals surface area contributed by atoms with E-state index in [-0.39, 0.29) is 35.4 Å². The van der Waals surface area contributed by atoms with Crippen molar-refractivity contribution in [2.45, 2.75) is 37.1 Å². The van der Waals surface area contributed by atoms with Crippen LogP contribution >= 0.6 is 0 Å². The Morgan fingerprint density at radius 3 is 2.35 bits per heavy atom. The molecule has 11 nitrogen and oxygen atoms in total. The molecule has 0 bridgehead atoms. The summed E-state index contributed by atoms with van der Waals surface area (Å²) in [5.41, 5.74) is 0.292. The molecule has 0 saturated carbocycles. The number of aliphatic hydroxyl groups excluding tert-OH is 3. The molecule has 1 saturated heterocycles. The van der Waals surface area contributed by atoms with E-state index in [9.17, 15) is 35.1 Å². The lowest BCUT2D eigenvalue weighted by molar-refractivity contribution is -0.226. The highest BCUT2D eigenvalue weighted by molar-refractivity contribution is 5.88. The van der Waals surface area contributed by atoms with Gasteiger partial charge < -0.3 is 45.1 Å². The van der Waals surface area contributed by atoms with Gasteiger partial charge >= 0.3 is 5.97 Å². The van der Waals surface area contributed by atoms with Crippen molar-refractivity contribution >= 4 is 16.9 Å². The van der Waals surface area contributed by atoms with Gasteiger partial charge in [0.25, 0.3) is 0 Å². The first kappa shape index (κ1) is 23.7. The third-order valence-electron chi connectivity index (χ3n) is 5.72. The number of benzene rings is 2. The van der Waals surface area contributed by atoms with Crippen molar-refractivity contribution in [2.75, 3.05) is 6.54 Å². The Hall–Kier alpha value is -3.48. The van der Waals surface area contributed by atoms with Gasteiger partial charge in [0, 0.05) is 30.3 Å². The molecule has 1 aromatic heterocycles. The number of ether oxygens (including phenoxy) is 1. The molecular weight excluding hydrogens is 450 g/mol. The van der Waals surface area contributed by atoms with E-state index in [1.165, 1.54) is 12.1 Å². The normalized spacial score (nSPS) is 24.9. The summed E-state index contributed by atoms with van der Waals surface area (Å²) in [5, 5.41) is 62.3. The first-order valence-corrected chi connectivity index (χ1v) is 10.4. The summed E-state index contributed by atoms with van der Waals surface area (Å²) in [6.07, 6.45) is -8.01. The summed E-state index contributed by atoms with van der Waals surface area (Å²) < 4.78 is 11.0. The lowest BCUT2D eigenvalue weighted by Crippen LogP contribution is -2.61. The number of nitrogens with one attached hydrogen (secondary N) is 1. The molecule has 0 amide bonds. The first-order valence-electron chi connectivity index (χ1n) is 10.4. The lowest BCUT2D eigenvalue weighted by atomic mass is 9.95. The topological polar surface area (TPSA) is 190 Å². The van der Waals surface area contributed by atoms with Gasteiger partial charge in [-0.2, -0.15) is 0 Å². The summed E-state index contributed by atoms with van der Waals surface area (Å²) in [6, 6.07) is 11.4. The van der Waals surface area contributed by atoms with E-state index in [1.807, 2.05) is 6.07 Å². The molecular formula is C23H23NO10. The van der Waals surface area contributed by atoms with Gasteiger partial charge in [0.05, 0.1) is 6.10 Å². The summed E-state index contributed by atoms with van der Waals surface area (Å²) in [6.45, 7) is -0.265. The number of hydrogen-bond acceptors (Lipinski definition) is 10. The van der Waals surface area contributed by atoms with Gasteiger partial charge in [-0.3, -0.25) is 4.79 Å². The van der Waals surface area contributed by atoms with Crippen LogP contribution in [0.5, 0.6) is 11.5 Å². The molecule has 2 heterocycles. The van der Waals surface area contributed by atoms with Crippen LogP contribution in [0.2, 0.25) is 0 Å². The smallest absolute Gasteiger partial charge is 0.335 e. The van der Waals surface area contributed by atoms with Gasteiger partial charge in [0.2, 0.25) is 0 Å². The monoisotopic (exact) mass is 473 g/mol. The maximum absolute atomic E-state index is 12.6. The fourth-order valence-corrected chi connectivity index (χ4v) is 3.90. The maximum atomic E-state index is 12.6. The number of aliphatic carboxylic acids is 1. The third-order valence-corrected chi connectivity index (χ3v) is 5.72. The van der Waals surface area contributed by atoms with E-state index in [0.717, 1.165) is 0 Å². The van der Waals surface area contributed by atoms with E-state index in [1.54, 1.807) is 24.3 Å². The van der Waals surface area contributed by atoms with Crippen molar-refractivity contribution in [3.63, 3.8) is 0 Å². The van der Waals surface area contributed by atoms with E-state index < -0.39 is 53.4 Å². The molecule has 3 aromatic rings. The molecule has 0 radical (unpaired) electrons.